The van der Waals surface area contributed by atoms with Gasteiger partial charge in [-0.25, -0.2) is 0 Å². The van der Waals surface area contributed by atoms with Crippen LogP contribution in [-0.2, 0) is 0 Å². The molecule has 1 aliphatic heterocycles. The highest BCUT2D eigenvalue weighted by Gasteiger charge is 2.32. The van der Waals surface area contributed by atoms with Gasteiger partial charge in [-0.3, -0.25) is 4.79 Å². The molecule has 0 saturated carbocycles. The van der Waals surface area contributed by atoms with E-state index in [1.807, 2.05) is 6.07 Å². The number of hydrogen-bond donors (Lipinski definition) is 1. The number of rotatable bonds is 5. The molecule has 0 aliphatic carbocycles. The molecule has 1 aliphatic rings. The van der Waals surface area contributed by atoms with Gasteiger partial charge in [-0.05, 0) is 31.0 Å². The number of carbonyl (C=O) groups is 1. The Bertz CT molecular complexity index is 907. The minimum Gasteiger partial charge on any atom is -0.412 e. The fourth-order valence-electron chi connectivity index (χ4n) is 2.96. The molecule has 26 heavy (non-hydrogen) atoms. The van der Waals surface area contributed by atoms with Crippen molar-refractivity contribution in [3.63, 3.8) is 0 Å². The molecule has 1 N–H and O–H groups in total. The van der Waals surface area contributed by atoms with E-state index in [-0.39, 0.29) is 23.9 Å². The van der Waals surface area contributed by atoms with Crippen LogP contribution in [0.4, 0.5) is 0 Å². The second kappa shape index (κ2) is 7.49. The van der Waals surface area contributed by atoms with E-state index in [0.717, 1.165) is 0 Å². The summed E-state index contributed by atoms with van der Waals surface area (Å²) in [6.07, 6.45) is 5.23. The van der Waals surface area contributed by atoms with Crippen LogP contribution in [0, 0.1) is 22.8 Å². The summed E-state index contributed by atoms with van der Waals surface area (Å²) in [6.45, 7) is 4.13. The van der Waals surface area contributed by atoms with E-state index in [1.165, 1.54) is 0 Å². The summed E-state index contributed by atoms with van der Waals surface area (Å²) in [5, 5.41) is 28.6. The Kier molecular flexibility index (Phi) is 4.95. The van der Waals surface area contributed by atoms with Crippen molar-refractivity contribution in [3.8, 4) is 23.7 Å². The van der Waals surface area contributed by atoms with E-state index in [4.69, 9.17) is 14.9 Å². The molecule has 2 heterocycles. The maximum atomic E-state index is 12.3. The molecular weight excluding hydrogens is 332 g/mol. The minimum absolute atomic E-state index is 0.0368. The number of aromatic nitrogens is 2. The topological polar surface area (TPSA) is 119 Å². The molecule has 2 aromatic rings. The van der Waals surface area contributed by atoms with Crippen LogP contribution in [0.1, 0.15) is 29.1 Å². The van der Waals surface area contributed by atoms with Gasteiger partial charge in [0.15, 0.2) is 6.19 Å². The zero-order valence-electron chi connectivity index (χ0n) is 13.9. The van der Waals surface area contributed by atoms with Gasteiger partial charge in [-0.15, -0.1) is 16.8 Å². The molecule has 0 spiro atoms. The van der Waals surface area contributed by atoms with Crippen molar-refractivity contribution in [2.24, 2.45) is 0 Å². The summed E-state index contributed by atoms with van der Waals surface area (Å²) in [7, 11) is 0. The summed E-state index contributed by atoms with van der Waals surface area (Å²) in [6, 6.07) is 8.58. The van der Waals surface area contributed by atoms with Gasteiger partial charge in [0, 0.05) is 24.2 Å². The molecule has 2 atom stereocenters. The first kappa shape index (κ1) is 17.2. The molecule has 1 aromatic heterocycles. The second-order valence-electron chi connectivity index (χ2n) is 5.94. The lowest BCUT2D eigenvalue weighted by Crippen LogP contribution is -2.36. The maximum Gasteiger partial charge on any atom is 0.309 e. The van der Waals surface area contributed by atoms with E-state index in [2.05, 4.69) is 28.3 Å². The van der Waals surface area contributed by atoms with E-state index >= 15 is 0 Å². The van der Waals surface area contributed by atoms with E-state index in [0.29, 0.717) is 30.5 Å². The van der Waals surface area contributed by atoms with Crippen molar-refractivity contribution < 1.29 is 9.21 Å². The van der Waals surface area contributed by atoms with Crippen LogP contribution < -0.4 is 5.32 Å². The van der Waals surface area contributed by atoms with Crippen LogP contribution in [0.15, 0.2) is 41.3 Å². The van der Waals surface area contributed by atoms with Crippen LogP contribution >= 0.6 is 0 Å². The van der Waals surface area contributed by atoms with Crippen LogP contribution in [0.5, 0.6) is 0 Å². The Hall–Kier alpha value is -3.65. The van der Waals surface area contributed by atoms with Gasteiger partial charge in [0.2, 0.25) is 5.89 Å². The molecular formula is C18H16N6O2. The first-order valence-corrected chi connectivity index (χ1v) is 8.06. The lowest BCUT2D eigenvalue weighted by Gasteiger charge is -2.14. The third-order valence-corrected chi connectivity index (χ3v) is 4.17. The van der Waals surface area contributed by atoms with E-state index in [9.17, 15) is 4.79 Å². The highest BCUT2D eigenvalue weighted by molar-refractivity contribution is 5.90. The largest absolute Gasteiger partial charge is 0.412 e. The van der Waals surface area contributed by atoms with Crippen LogP contribution in [-0.4, -0.2) is 39.6 Å². The number of benzene rings is 1. The number of amides is 1. The Labute approximate surface area is 150 Å². The van der Waals surface area contributed by atoms with Crippen LogP contribution in [0.25, 0.3) is 11.5 Å². The van der Waals surface area contributed by atoms with Gasteiger partial charge in [-0.2, -0.15) is 10.5 Å². The van der Waals surface area contributed by atoms with Gasteiger partial charge in [0.05, 0.1) is 11.6 Å². The van der Waals surface area contributed by atoms with Crippen LogP contribution in [0.2, 0.25) is 0 Å². The first-order valence-electron chi connectivity index (χ1n) is 8.06. The normalized spacial score (nSPS) is 18.8. The lowest BCUT2D eigenvalue weighted by molar-refractivity contribution is 0.0904. The molecule has 0 radical (unpaired) electrons. The predicted molar refractivity (Wildman–Crippen MR) is 91.2 cm³/mol. The van der Waals surface area contributed by atoms with E-state index < -0.39 is 5.91 Å². The quantitative estimate of drug-likeness (QED) is 0.646. The summed E-state index contributed by atoms with van der Waals surface area (Å²) in [4.78, 5) is 14.0. The zero-order chi connectivity index (χ0) is 18.5. The molecule has 1 amide bonds. The SMILES string of the molecule is C=CC[C@H]1C[C@@H](NC(=O)c2nnc(-c3cccc(C#N)c3)o2)CN1C#N. The van der Waals surface area contributed by atoms with Crippen molar-refractivity contribution >= 4 is 5.91 Å². The average Bonchev–Trinajstić information content (AvgIpc) is 3.29. The van der Waals surface area contributed by atoms with Crippen molar-refractivity contribution in [2.45, 2.75) is 24.9 Å². The fourth-order valence-corrected chi connectivity index (χ4v) is 2.96. The Balaban J connectivity index is 1.68. The third kappa shape index (κ3) is 3.55. The van der Waals surface area contributed by atoms with Crippen LogP contribution in [0.3, 0.4) is 0 Å². The molecule has 1 aromatic carbocycles. The first-order chi connectivity index (χ1) is 12.6. The smallest absolute Gasteiger partial charge is 0.309 e. The number of hydrogen-bond acceptors (Lipinski definition) is 7. The van der Waals surface area contributed by atoms with Gasteiger partial charge < -0.3 is 14.6 Å². The van der Waals surface area contributed by atoms with Crippen molar-refractivity contribution in [1.29, 1.82) is 10.5 Å². The minimum atomic E-state index is -0.484. The Morgan fingerprint density at radius 2 is 2.31 bits per heavy atom. The Morgan fingerprint density at radius 1 is 1.46 bits per heavy atom. The predicted octanol–water partition coefficient (Wildman–Crippen LogP) is 1.84. The summed E-state index contributed by atoms with van der Waals surface area (Å²) in [5.74, 6) is -0.470. The second-order valence-corrected chi connectivity index (χ2v) is 5.94. The maximum absolute atomic E-state index is 12.3. The molecule has 0 bridgehead atoms. The van der Waals surface area contributed by atoms with Crippen molar-refractivity contribution in [2.75, 3.05) is 6.54 Å². The molecule has 1 fully saturated rings. The summed E-state index contributed by atoms with van der Waals surface area (Å²) < 4.78 is 5.43. The fraction of sp³-hybridized carbons (Fsp3) is 0.278. The molecule has 8 nitrogen and oxygen atoms in total. The summed E-state index contributed by atoms with van der Waals surface area (Å²) in [5.41, 5.74) is 1.03. The summed E-state index contributed by atoms with van der Waals surface area (Å²) >= 11 is 0. The highest BCUT2D eigenvalue weighted by atomic mass is 16.4. The average molecular weight is 348 g/mol. The molecule has 1 saturated heterocycles. The van der Waals surface area contributed by atoms with Gasteiger partial charge in [0.1, 0.15) is 0 Å². The molecule has 8 heteroatoms. The monoisotopic (exact) mass is 348 g/mol. The molecule has 3 rings (SSSR count). The zero-order valence-corrected chi connectivity index (χ0v) is 13.9. The lowest BCUT2D eigenvalue weighted by atomic mass is 10.1. The van der Waals surface area contributed by atoms with Gasteiger partial charge in [-0.1, -0.05) is 12.1 Å². The number of nitrogens with one attached hydrogen (secondary N) is 1. The standard InChI is InChI=1S/C18H16N6O2/c1-2-4-15-8-14(10-24(15)11-20)21-16(25)18-23-22-17(26-18)13-6-3-5-12(7-13)9-19/h2-3,5-7,14-15H,1,4,8,10H2,(H,21,25)/t14-,15+/m1/s1. The number of nitrogens with zero attached hydrogens (tertiary/aromatic N) is 5. The molecule has 0 unspecified atom stereocenters. The third-order valence-electron chi connectivity index (χ3n) is 4.17. The number of carbonyl (C=O) groups excluding carboxylic acids is 1. The van der Waals surface area contributed by atoms with Gasteiger partial charge in [0.25, 0.3) is 0 Å². The van der Waals surface area contributed by atoms with E-state index in [1.54, 1.807) is 35.2 Å². The Morgan fingerprint density at radius 3 is 3.04 bits per heavy atom. The molecule has 130 valence electrons. The van der Waals surface area contributed by atoms with Crippen molar-refractivity contribution in [3.05, 3.63) is 48.4 Å². The number of nitriles is 2. The number of likely N-dealkylation sites (tertiary alicyclic amines) is 1. The highest BCUT2D eigenvalue weighted by Crippen LogP contribution is 2.21. The van der Waals surface area contributed by atoms with Crippen molar-refractivity contribution in [1.82, 2.24) is 20.4 Å². The van der Waals surface area contributed by atoms with Gasteiger partial charge >= 0.3 is 11.8 Å².